The van der Waals surface area contributed by atoms with Gasteiger partial charge in [0.1, 0.15) is 5.69 Å². The van der Waals surface area contributed by atoms with Crippen LogP contribution < -0.4 is 0 Å². The smallest absolute Gasteiger partial charge is 0.273 e. The molecule has 2 aliphatic rings. The van der Waals surface area contributed by atoms with Crippen LogP contribution in [-0.4, -0.2) is 52.8 Å². The first-order valence-electron chi connectivity index (χ1n) is 9.14. The number of carbonyl (C=O) groups is 2. The minimum atomic E-state index is 0.0250. The minimum Gasteiger partial charge on any atom is -0.342 e. The van der Waals surface area contributed by atoms with Gasteiger partial charge in [-0.15, -0.1) is 11.3 Å². The van der Waals surface area contributed by atoms with Crippen LogP contribution in [-0.2, 0) is 11.2 Å². The zero-order chi connectivity index (χ0) is 18.0. The number of amides is 2. The fourth-order valence-electron chi connectivity index (χ4n) is 4.12. The van der Waals surface area contributed by atoms with Crippen molar-refractivity contribution in [3.63, 3.8) is 0 Å². The molecule has 2 amide bonds. The van der Waals surface area contributed by atoms with Crippen LogP contribution in [0.2, 0.25) is 0 Å². The van der Waals surface area contributed by atoms with Crippen molar-refractivity contribution in [2.45, 2.75) is 25.7 Å². The third-order valence-corrected chi connectivity index (χ3v) is 6.22. The molecule has 26 heavy (non-hydrogen) atoms. The van der Waals surface area contributed by atoms with E-state index < -0.39 is 0 Å². The van der Waals surface area contributed by atoms with Gasteiger partial charge in [-0.1, -0.05) is 30.3 Å². The van der Waals surface area contributed by atoms with Gasteiger partial charge in [0.05, 0.1) is 5.51 Å². The fraction of sp³-hybridized carbons (Fsp3) is 0.450. The molecule has 1 spiro atoms. The highest BCUT2D eigenvalue weighted by Gasteiger charge is 2.46. The molecule has 3 heterocycles. The Labute approximate surface area is 157 Å². The molecule has 4 rings (SSSR count). The number of aryl methyl sites for hydroxylation is 1. The van der Waals surface area contributed by atoms with E-state index >= 15 is 0 Å². The summed E-state index contributed by atoms with van der Waals surface area (Å²) in [6.07, 6.45) is 3.31. The van der Waals surface area contributed by atoms with Crippen LogP contribution in [0.4, 0.5) is 0 Å². The number of hydrogen-bond donors (Lipinski definition) is 0. The number of likely N-dealkylation sites (tertiary alicyclic amines) is 2. The highest BCUT2D eigenvalue weighted by atomic mass is 32.1. The molecule has 136 valence electrons. The average molecular weight is 369 g/mol. The number of nitrogens with zero attached hydrogens (tertiary/aromatic N) is 3. The van der Waals surface area contributed by atoms with Gasteiger partial charge in [0.25, 0.3) is 5.91 Å². The molecule has 5 nitrogen and oxygen atoms in total. The topological polar surface area (TPSA) is 53.5 Å². The zero-order valence-electron chi connectivity index (χ0n) is 14.8. The Balaban J connectivity index is 1.32. The summed E-state index contributed by atoms with van der Waals surface area (Å²) < 4.78 is 0. The Morgan fingerprint density at radius 1 is 1.08 bits per heavy atom. The summed E-state index contributed by atoms with van der Waals surface area (Å²) in [5.74, 6) is 0.256. The van der Waals surface area contributed by atoms with E-state index in [1.54, 1.807) is 10.9 Å². The Morgan fingerprint density at radius 3 is 2.54 bits per heavy atom. The molecule has 0 saturated carbocycles. The van der Waals surface area contributed by atoms with Crippen LogP contribution in [0, 0.1) is 5.41 Å². The molecule has 2 aromatic rings. The summed E-state index contributed by atoms with van der Waals surface area (Å²) in [5.41, 5.74) is 3.52. The van der Waals surface area contributed by atoms with Gasteiger partial charge in [-0.2, -0.15) is 0 Å². The van der Waals surface area contributed by atoms with Gasteiger partial charge in [-0.25, -0.2) is 4.98 Å². The van der Waals surface area contributed by atoms with Crippen molar-refractivity contribution in [1.29, 1.82) is 0 Å². The molecule has 0 N–H and O–H groups in total. The predicted molar refractivity (Wildman–Crippen MR) is 101 cm³/mol. The molecule has 6 heteroatoms. The minimum absolute atomic E-state index is 0.0250. The van der Waals surface area contributed by atoms with Crippen LogP contribution in [0.5, 0.6) is 0 Å². The second-order valence-corrected chi connectivity index (χ2v) is 8.12. The molecule has 0 unspecified atom stereocenters. The van der Waals surface area contributed by atoms with Crippen LogP contribution in [0.25, 0.3) is 0 Å². The molecule has 1 aromatic heterocycles. The lowest BCUT2D eigenvalue weighted by atomic mass is 9.86. The molecular formula is C20H23N3O2S. The third kappa shape index (κ3) is 3.51. The summed E-state index contributed by atoms with van der Waals surface area (Å²) in [5, 5.41) is 1.81. The number of aromatic nitrogens is 1. The second-order valence-electron chi connectivity index (χ2n) is 7.40. The van der Waals surface area contributed by atoms with E-state index in [0.717, 1.165) is 45.4 Å². The summed E-state index contributed by atoms with van der Waals surface area (Å²) in [6.45, 7) is 3.10. The fourth-order valence-corrected chi connectivity index (χ4v) is 4.65. The maximum atomic E-state index is 12.6. The van der Waals surface area contributed by atoms with E-state index in [2.05, 4.69) is 17.1 Å². The molecule has 1 atom stereocenters. The summed E-state index contributed by atoms with van der Waals surface area (Å²) in [6, 6.07) is 10.2. The van der Waals surface area contributed by atoms with Crippen molar-refractivity contribution in [2.24, 2.45) is 5.41 Å². The highest BCUT2D eigenvalue weighted by Crippen LogP contribution is 2.40. The Kier molecular flexibility index (Phi) is 4.76. The molecular weight excluding hydrogens is 346 g/mol. The largest absolute Gasteiger partial charge is 0.342 e. The number of hydrogen-bond acceptors (Lipinski definition) is 4. The van der Waals surface area contributed by atoms with Gasteiger partial charge in [-0.3, -0.25) is 9.59 Å². The van der Waals surface area contributed by atoms with E-state index in [1.807, 2.05) is 28.0 Å². The predicted octanol–water partition coefficient (Wildman–Crippen LogP) is 2.84. The monoisotopic (exact) mass is 369 g/mol. The molecule has 2 saturated heterocycles. The summed E-state index contributed by atoms with van der Waals surface area (Å²) in [4.78, 5) is 33.2. The van der Waals surface area contributed by atoms with E-state index in [0.29, 0.717) is 12.1 Å². The highest BCUT2D eigenvalue weighted by molar-refractivity contribution is 7.07. The Morgan fingerprint density at radius 2 is 1.81 bits per heavy atom. The van der Waals surface area contributed by atoms with Crippen LogP contribution >= 0.6 is 11.3 Å². The van der Waals surface area contributed by atoms with Crippen molar-refractivity contribution >= 4 is 23.2 Å². The van der Waals surface area contributed by atoms with Gasteiger partial charge in [0.2, 0.25) is 5.91 Å². The molecule has 2 fully saturated rings. The Bertz CT molecular complexity index is 778. The number of thiazole rings is 1. The van der Waals surface area contributed by atoms with Gasteiger partial charge in [0, 0.05) is 43.4 Å². The first kappa shape index (κ1) is 17.2. The average Bonchev–Trinajstić information content (AvgIpc) is 3.42. The molecule has 0 aliphatic carbocycles. The third-order valence-electron chi connectivity index (χ3n) is 5.64. The molecule has 0 bridgehead atoms. The van der Waals surface area contributed by atoms with Crippen molar-refractivity contribution < 1.29 is 9.59 Å². The van der Waals surface area contributed by atoms with E-state index in [9.17, 15) is 9.59 Å². The first-order chi connectivity index (χ1) is 12.7. The van der Waals surface area contributed by atoms with Crippen molar-refractivity contribution in [3.8, 4) is 0 Å². The van der Waals surface area contributed by atoms with Gasteiger partial charge >= 0.3 is 0 Å². The van der Waals surface area contributed by atoms with Crippen molar-refractivity contribution in [1.82, 2.24) is 14.8 Å². The zero-order valence-corrected chi connectivity index (χ0v) is 15.6. The quantitative estimate of drug-likeness (QED) is 0.833. The lowest BCUT2D eigenvalue weighted by Crippen LogP contribution is -2.35. The maximum absolute atomic E-state index is 12.6. The second kappa shape index (κ2) is 7.19. The lowest BCUT2D eigenvalue weighted by Gasteiger charge is -2.24. The van der Waals surface area contributed by atoms with Crippen molar-refractivity contribution in [3.05, 3.63) is 52.5 Å². The first-order valence-corrected chi connectivity index (χ1v) is 10.1. The van der Waals surface area contributed by atoms with Crippen LogP contribution in [0.15, 0.2) is 41.2 Å². The molecule has 0 radical (unpaired) electrons. The summed E-state index contributed by atoms with van der Waals surface area (Å²) >= 11 is 1.45. The molecule has 2 aliphatic heterocycles. The number of rotatable bonds is 4. The standard InChI is InChI=1S/C20H23N3O2S/c24-18(7-6-16-4-2-1-3-5-16)22-10-8-20(13-22)9-11-23(14-20)19(25)17-12-26-15-21-17/h1-5,12,15H,6-11,13-14H2/t20-/m0/s1. The van der Waals surface area contributed by atoms with E-state index in [-0.39, 0.29) is 17.2 Å². The molecule has 1 aromatic carbocycles. The van der Waals surface area contributed by atoms with Gasteiger partial charge in [-0.05, 0) is 24.8 Å². The number of benzene rings is 1. The van der Waals surface area contributed by atoms with Crippen molar-refractivity contribution in [2.75, 3.05) is 26.2 Å². The van der Waals surface area contributed by atoms with E-state index in [1.165, 1.54) is 16.9 Å². The Hall–Kier alpha value is -2.21. The maximum Gasteiger partial charge on any atom is 0.273 e. The van der Waals surface area contributed by atoms with Crippen LogP contribution in [0.1, 0.15) is 35.3 Å². The van der Waals surface area contributed by atoms with E-state index in [4.69, 9.17) is 0 Å². The van der Waals surface area contributed by atoms with Gasteiger partial charge in [0.15, 0.2) is 0 Å². The number of carbonyl (C=O) groups excluding carboxylic acids is 2. The summed E-state index contributed by atoms with van der Waals surface area (Å²) in [7, 11) is 0. The van der Waals surface area contributed by atoms with Crippen LogP contribution in [0.3, 0.4) is 0 Å². The normalized spacial score (nSPS) is 22.3. The lowest BCUT2D eigenvalue weighted by molar-refractivity contribution is -0.130. The SMILES string of the molecule is O=C(CCc1ccccc1)N1CC[C@]2(CCN(C(=O)c3cscn3)C2)C1. The van der Waals surface area contributed by atoms with Gasteiger partial charge < -0.3 is 9.80 Å².